The Morgan fingerprint density at radius 2 is 2.00 bits per heavy atom. The quantitative estimate of drug-likeness (QED) is 0.771. The average molecular weight is 273 g/mol. The van der Waals surface area contributed by atoms with E-state index in [1.165, 1.54) is 44.4 Å². The molecule has 3 heteroatoms. The van der Waals surface area contributed by atoms with Gasteiger partial charge in [0.05, 0.1) is 0 Å². The molecular formula is C15H32N2S. The first-order valence-corrected chi connectivity index (χ1v) is 8.81. The lowest BCUT2D eigenvalue weighted by atomic mass is 9.70. The van der Waals surface area contributed by atoms with E-state index in [9.17, 15) is 0 Å². The molecular weight excluding hydrogens is 240 g/mol. The van der Waals surface area contributed by atoms with Gasteiger partial charge in [-0.1, -0.05) is 19.8 Å². The fourth-order valence-corrected chi connectivity index (χ4v) is 3.57. The van der Waals surface area contributed by atoms with Crippen molar-refractivity contribution in [2.75, 3.05) is 32.1 Å². The van der Waals surface area contributed by atoms with Crippen LogP contribution in [-0.2, 0) is 0 Å². The lowest BCUT2D eigenvalue weighted by Crippen LogP contribution is -2.46. The molecule has 1 fully saturated rings. The molecule has 0 spiro atoms. The second-order valence-electron chi connectivity index (χ2n) is 6.43. The number of nitrogens with zero attached hydrogens (tertiary/aromatic N) is 1. The summed E-state index contributed by atoms with van der Waals surface area (Å²) in [6.45, 7) is 6.78. The van der Waals surface area contributed by atoms with Gasteiger partial charge in [0.1, 0.15) is 0 Å². The molecule has 2 nitrogen and oxygen atoms in total. The fourth-order valence-electron chi connectivity index (χ4n) is 2.99. The van der Waals surface area contributed by atoms with Crippen LogP contribution in [0.3, 0.4) is 0 Å². The molecule has 0 amide bonds. The summed E-state index contributed by atoms with van der Waals surface area (Å²) in [5.41, 5.74) is 6.50. The SMILES string of the molecule is CSCCC(C)N(C)CC1(CN)CCC(C)CC1. The van der Waals surface area contributed by atoms with E-state index in [4.69, 9.17) is 5.73 Å². The maximum Gasteiger partial charge on any atom is 0.00719 e. The lowest BCUT2D eigenvalue weighted by molar-refractivity contribution is 0.0894. The van der Waals surface area contributed by atoms with E-state index in [2.05, 4.69) is 32.1 Å². The maximum absolute atomic E-state index is 6.10. The molecule has 0 aromatic rings. The van der Waals surface area contributed by atoms with Crippen LogP contribution in [0.1, 0.15) is 46.0 Å². The van der Waals surface area contributed by atoms with Crippen molar-refractivity contribution in [3.8, 4) is 0 Å². The van der Waals surface area contributed by atoms with Crippen LogP contribution in [0.5, 0.6) is 0 Å². The summed E-state index contributed by atoms with van der Waals surface area (Å²) in [7, 11) is 2.28. The van der Waals surface area contributed by atoms with Crippen molar-refractivity contribution < 1.29 is 0 Å². The highest BCUT2D eigenvalue weighted by Gasteiger charge is 2.34. The molecule has 1 atom stereocenters. The van der Waals surface area contributed by atoms with E-state index in [-0.39, 0.29) is 0 Å². The first kappa shape index (κ1) is 16.3. The largest absolute Gasteiger partial charge is 0.330 e. The maximum atomic E-state index is 6.10. The number of rotatable bonds is 7. The third kappa shape index (κ3) is 4.75. The molecule has 0 radical (unpaired) electrons. The van der Waals surface area contributed by atoms with Crippen LogP contribution in [-0.4, -0.2) is 43.1 Å². The molecule has 0 saturated heterocycles. The summed E-state index contributed by atoms with van der Waals surface area (Å²) in [5.74, 6) is 2.17. The minimum Gasteiger partial charge on any atom is -0.330 e. The van der Waals surface area contributed by atoms with Gasteiger partial charge in [0.15, 0.2) is 0 Å². The number of thioether (sulfide) groups is 1. The van der Waals surface area contributed by atoms with Gasteiger partial charge in [-0.2, -0.15) is 11.8 Å². The Kier molecular flexibility index (Phi) is 7.04. The van der Waals surface area contributed by atoms with Crippen molar-refractivity contribution in [1.29, 1.82) is 0 Å². The number of hydrogen-bond acceptors (Lipinski definition) is 3. The van der Waals surface area contributed by atoms with Gasteiger partial charge in [-0.05, 0) is 63.1 Å². The van der Waals surface area contributed by atoms with Crippen molar-refractivity contribution in [2.45, 2.75) is 52.0 Å². The molecule has 0 aromatic carbocycles. The van der Waals surface area contributed by atoms with E-state index in [0.717, 1.165) is 12.5 Å². The van der Waals surface area contributed by atoms with Gasteiger partial charge in [0.2, 0.25) is 0 Å². The van der Waals surface area contributed by atoms with Crippen molar-refractivity contribution in [3.63, 3.8) is 0 Å². The third-order valence-corrected chi connectivity index (χ3v) is 5.49. The predicted molar refractivity (Wildman–Crippen MR) is 84.2 cm³/mol. The molecule has 2 N–H and O–H groups in total. The van der Waals surface area contributed by atoms with Crippen molar-refractivity contribution in [3.05, 3.63) is 0 Å². The minimum atomic E-state index is 0.398. The number of nitrogens with two attached hydrogens (primary N) is 1. The molecule has 1 saturated carbocycles. The second-order valence-corrected chi connectivity index (χ2v) is 7.42. The van der Waals surface area contributed by atoms with Gasteiger partial charge in [-0.3, -0.25) is 0 Å². The van der Waals surface area contributed by atoms with Gasteiger partial charge >= 0.3 is 0 Å². The average Bonchev–Trinajstić information content (AvgIpc) is 2.38. The first-order chi connectivity index (χ1) is 8.53. The summed E-state index contributed by atoms with van der Waals surface area (Å²) in [4.78, 5) is 2.54. The summed E-state index contributed by atoms with van der Waals surface area (Å²) in [6, 6.07) is 0.681. The van der Waals surface area contributed by atoms with E-state index in [0.29, 0.717) is 11.5 Å². The lowest BCUT2D eigenvalue weighted by Gasteiger charge is -2.42. The second kappa shape index (κ2) is 7.76. The van der Waals surface area contributed by atoms with Crippen LogP contribution in [0.2, 0.25) is 0 Å². The summed E-state index contributed by atoms with van der Waals surface area (Å²) < 4.78 is 0. The van der Waals surface area contributed by atoms with E-state index < -0.39 is 0 Å². The molecule has 0 aliphatic heterocycles. The minimum absolute atomic E-state index is 0.398. The Morgan fingerprint density at radius 3 is 2.50 bits per heavy atom. The third-order valence-electron chi connectivity index (χ3n) is 4.84. The molecule has 0 aromatic heterocycles. The van der Waals surface area contributed by atoms with Crippen LogP contribution in [0.15, 0.2) is 0 Å². The van der Waals surface area contributed by atoms with Crippen molar-refractivity contribution >= 4 is 11.8 Å². The van der Waals surface area contributed by atoms with Gasteiger partial charge < -0.3 is 10.6 Å². The molecule has 1 rings (SSSR count). The van der Waals surface area contributed by atoms with Crippen molar-refractivity contribution in [1.82, 2.24) is 4.90 Å². The Labute approximate surface area is 118 Å². The molecule has 0 bridgehead atoms. The summed E-state index contributed by atoms with van der Waals surface area (Å²) in [5, 5.41) is 0. The molecule has 1 aliphatic carbocycles. The number of hydrogen-bond donors (Lipinski definition) is 1. The monoisotopic (exact) mass is 272 g/mol. The van der Waals surface area contributed by atoms with Gasteiger partial charge in [0, 0.05) is 12.6 Å². The van der Waals surface area contributed by atoms with Crippen LogP contribution in [0.4, 0.5) is 0 Å². The normalized spacial score (nSPS) is 30.7. The predicted octanol–water partition coefficient (Wildman–Crippen LogP) is 3.22. The van der Waals surface area contributed by atoms with Crippen LogP contribution in [0, 0.1) is 11.3 Å². The Hall–Kier alpha value is 0.270. The van der Waals surface area contributed by atoms with Gasteiger partial charge in [-0.25, -0.2) is 0 Å². The zero-order valence-corrected chi connectivity index (χ0v) is 13.6. The van der Waals surface area contributed by atoms with E-state index >= 15 is 0 Å². The molecule has 0 heterocycles. The van der Waals surface area contributed by atoms with Crippen molar-refractivity contribution in [2.24, 2.45) is 17.1 Å². The Bertz CT molecular complexity index is 225. The standard InChI is InChI=1S/C15H32N2S/c1-13-5-8-15(11-16,9-6-13)12-17(3)14(2)7-10-18-4/h13-14H,5-12,16H2,1-4H3. The summed E-state index contributed by atoms with van der Waals surface area (Å²) >= 11 is 1.95. The summed E-state index contributed by atoms with van der Waals surface area (Å²) in [6.07, 6.45) is 8.86. The Morgan fingerprint density at radius 1 is 1.39 bits per heavy atom. The zero-order chi connectivity index (χ0) is 13.6. The van der Waals surface area contributed by atoms with Crippen LogP contribution >= 0.6 is 11.8 Å². The highest BCUT2D eigenvalue weighted by atomic mass is 32.2. The fraction of sp³-hybridized carbons (Fsp3) is 1.00. The van der Waals surface area contributed by atoms with E-state index in [1.807, 2.05) is 11.8 Å². The van der Waals surface area contributed by atoms with Gasteiger partial charge in [0.25, 0.3) is 0 Å². The highest BCUT2D eigenvalue weighted by molar-refractivity contribution is 7.98. The van der Waals surface area contributed by atoms with Crippen LogP contribution < -0.4 is 5.73 Å². The smallest absolute Gasteiger partial charge is 0.00719 e. The molecule has 1 unspecified atom stereocenters. The molecule has 108 valence electrons. The topological polar surface area (TPSA) is 29.3 Å². The highest BCUT2D eigenvalue weighted by Crippen LogP contribution is 2.38. The molecule has 1 aliphatic rings. The van der Waals surface area contributed by atoms with Gasteiger partial charge in [-0.15, -0.1) is 0 Å². The molecule has 18 heavy (non-hydrogen) atoms. The van der Waals surface area contributed by atoms with E-state index in [1.54, 1.807) is 0 Å². The van der Waals surface area contributed by atoms with Crippen LogP contribution in [0.25, 0.3) is 0 Å². The zero-order valence-electron chi connectivity index (χ0n) is 12.7. The Balaban J connectivity index is 2.46. The first-order valence-electron chi connectivity index (χ1n) is 7.42.